The van der Waals surface area contributed by atoms with Crippen molar-refractivity contribution in [3.63, 3.8) is 0 Å². The van der Waals surface area contributed by atoms with Crippen molar-refractivity contribution in [2.24, 2.45) is 0 Å². The Morgan fingerprint density at radius 3 is 2.25 bits per heavy atom. The molecule has 0 saturated carbocycles. The summed E-state index contributed by atoms with van der Waals surface area (Å²) < 4.78 is 16.8. The van der Waals surface area contributed by atoms with Gasteiger partial charge in [-0.2, -0.15) is 0 Å². The lowest BCUT2D eigenvalue weighted by Crippen LogP contribution is -2.46. The van der Waals surface area contributed by atoms with Gasteiger partial charge in [0.15, 0.2) is 11.5 Å². The minimum atomic E-state index is 0.250. The maximum absolute atomic E-state index is 5.64. The topological polar surface area (TPSA) is 30.9 Å². The Kier molecular flexibility index (Phi) is 3.95. The molecule has 0 bridgehead atoms. The number of benzene rings is 3. The van der Waals surface area contributed by atoms with E-state index in [-0.39, 0.29) is 5.54 Å². The maximum atomic E-state index is 5.64. The SMILES string of the molecule is COc1ccc2c(c1)c1c(c3cc(OC)c(OC)cc32)C[C@]2(C)CCCN2C1. The minimum Gasteiger partial charge on any atom is -0.497 e. The summed E-state index contributed by atoms with van der Waals surface area (Å²) in [6, 6.07) is 10.7. The minimum absolute atomic E-state index is 0.250. The molecule has 0 aliphatic carbocycles. The Morgan fingerprint density at radius 1 is 0.821 bits per heavy atom. The average molecular weight is 377 g/mol. The molecule has 0 amide bonds. The largest absolute Gasteiger partial charge is 0.497 e. The van der Waals surface area contributed by atoms with Gasteiger partial charge >= 0.3 is 0 Å². The Labute approximate surface area is 166 Å². The molecule has 1 saturated heterocycles. The van der Waals surface area contributed by atoms with Crippen molar-refractivity contribution in [3.8, 4) is 17.2 Å². The summed E-state index contributed by atoms with van der Waals surface area (Å²) in [5, 5.41) is 5.06. The second-order valence-electron chi connectivity index (χ2n) is 8.32. The highest BCUT2D eigenvalue weighted by Crippen LogP contribution is 2.47. The fourth-order valence-corrected chi connectivity index (χ4v) is 5.31. The molecule has 5 rings (SSSR count). The van der Waals surface area contributed by atoms with Crippen molar-refractivity contribution < 1.29 is 14.2 Å². The summed E-state index contributed by atoms with van der Waals surface area (Å²) in [6.07, 6.45) is 3.61. The molecular weight excluding hydrogens is 350 g/mol. The van der Waals surface area contributed by atoms with Crippen LogP contribution in [0.15, 0.2) is 30.3 Å². The number of methoxy groups -OCH3 is 3. The number of rotatable bonds is 3. The average Bonchev–Trinajstić information content (AvgIpc) is 3.11. The Bertz CT molecular complexity index is 1090. The lowest BCUT2D eigenvalue weighted by Gasteiger charge is -2.41. The predicted molar refractivity (Wildman–Crippen MR) is 113 cm³/mol. The fourth-order valence-electron chi connectivity index (χ4n) is 5.31. The van der Waals surface area contributed by atoms with Crippen LogP contribution in [0.1, 0.15) is 30.9 Å². The fraction of sp³-hybridized carbons (Fsp3) is 0.417. The summed E-state index contributed by atoms with van der Waals surface area (Å²) in [5.74, 6) is 2.48. The van der Waals surface area contributed by atoms with E-state index in [9.17, 15) is 0 Å². The quantitative estimate of drug-likeness (QED) is 0.606. The van der Waals surface area contributed by atoms with Crippen LogP contribution in [0.5, 0.6) is 17.2 Å². The lowest BCUT2D eigenvalue weighted by atomic mass is 9.79. The van der Waals surface area contributed by atoms with Crippen molar-refractivity contribution in [2.45, 2.75) is 38.3 Å². The molecule has 1 fully saturated rings. The Balaban J connectivity index is 1.89. The van der Waals surface area contributed by atoms with Crippen molar-refractivity contribution in [1.29, 1.82) is 0 Å². The van der Waals surface area contributed by atoms with E-state index in [0.717, 1.165) is 30.2 Å². The van der Waals surface area contributed by atoms with E-state index in [1.807, 2.05) is 6.07 Å². The lowest BCUT2D eigenvalue weighted by molar-refractivity contribution is 0.134. The number of ether oxygens (including phenoxy) is 3. The standard InChI is InChI=1S/C24H27NO3/c1-24-8-5-9-25(24)14-21-17-10-15(26-2)6-7-16(17)18-11-22(27-3)23(28-4)12-19(18)20(21)13-24/h6-7,10-12H,5,8-9,13-14H2,1-4H3/t24-/m0/s1. The van der Waals surface area contributed by atoms with Gasteiger partial charge in [0.1, 0.15) is 5.75 Å². The molecule has 3 aromatic rings. The van der Waals surface area contributed by atoms with Crippen molar-refractivity contribution >= 4 is 21.5 Å². The van der Waals surface area contributed by atoms with Crippen molar-refractivity contribution in [3.05, 3.63) is 41.5 Å². The maximum Gasteiger partial charge on any atom is 0.161 e. The molecule has 2 aliphatic rings. The van der Waals surface area contributed by atoms with Crippen LogP contribution in [0, 0.1) is 0 Å². The molecule has 2 aliphatic heterocycles. The van der Waals surface area contributed by atoms with Gasteiger partial charge in [-0.3, -0.25) is 4.90 Å². The van der Waals surface area contributed by atoms with E-state index >= 15 is 0 Å². The van der Waals surface area contributed by atoms with Crippen molar-refractivity contribution in [1.82, 2.24) is 4.90 Å². The summed E-state index contributed by atoms with van der Waals surface area (Å²) in [5.41, 5.74) is 3.14. The second-order valence-corrected chi connectivity index (χ2v) is 8.32. The highest BCUT2D eigenvalue weighted by molar-refractivity contribution is 6.12. The molecule has 0 N–H and O–H groups in total. The smallest absolute Gasteiger partial charge is 0.161 e. The zero-order valence-corrected chi connectivity index (χ0v) is 17.1. The van der Waals surface area contributed by atoms with Crippen LogP contribution in [-0.2, 0) is 13.0 Å². The molecule has 4 nitrogen and oxygen atoms in total. The normalized spacial score (nSPS) is 21.6. The zero-order valence-electron chi connectivity index (χ0n) is 17.1. The molecule has 0 unspecified atom stereocenters. The number of hydrogen-bond donors (Lipinski definition) is 0. The third-order valence-electron chi connectivity index (χ3n) is 6.87. The monoisotopic (exact) mass is 377 g/mol. The summed E-state index contributed by atoms with van der Waals surface area (Å²) in [6.45, 7) is 4.61. The molecule has 1 atom stereocenters. The van der Waals surface area contributed by atoms with Gasteiger partial charge in [0.05, 0.1) is 21.3 Å². The van der Waals surface area contributed by atoms with E-state index in [1.165, 1.54) is 52.1 Å². The van der Waals surface area contributed by atoms with Crippen LogP contribution in [-0.4, -0.2) is 38.3 Å². The van der Waals surface area contributed by atoms with Crippen LogP contribution < -0.4 is 14.2 Å². The van der Waals surface area contributed by atoms with Gasteiger partial charge in [0, 0.05) is 12.1 Å². The number of nitrogens with zero attached hydrogens (tertiary/aromatic N) is 1. The third-order valence-corrected chi connectivity index (χ3v) is 6.87. The highest BCUT2D eigenvalue weighted by Gasteiger charge is 2.41. The van der Waals surface area contributed by atoms with Crippen LogP contribution >= 0.6 is 0 Å². The summed E-state index contributed by atoms with van der Waals surface area (Å²) in [7, 11) is 5.15. The van der Waals surface area contributed by atoms with Crippen LogP contribution in [0.3, 0.4) is 0 Å². The number of fused-ring (bicyclic) bond motifs is 7. The second kappa shape index (κ2) is 6.28. The van der Waals surface area contributed by atoms with Gasteiger partial charge in [-0.15, -0.1) is 0 Å². The highest BCUT2D eigenvalue weighted by atomic mass is 16.5. The van der Waals surface area contributed by atoms with E-state index in [2.05, 4.69) is 36.1 Å². The summed E-state index contributed by atoms with van der Waals surface area (Å²) in [4.78, 5) is 2.67. The molecule has 0 radical (unpaired) electrons. The van der Waals surface area contributed by atoms with E-state index in [0.29, 0.717) is 0 Å². The predicted octanol–water partition coefficient (Wildman–Crippen LogP) is 4.93. The van der Waals surface area contributed by atoms with E-state index in [1.54, 1.807) is 21.3 Å². The van der Waals surface area contributed by atoms with Crippen LogP contribution in [0.25, 0.3) is 21.5 Å². The Hall–Kier alpha value is -2.46. The van der Waals surface area contributed by atoms with E-state index < -0.39 is 0 Å². The van der Waals surface area contributed by atoms with Crippen LogP contribution in [0.2, 0.25) is 0 Å². The molecule has 28 heavy (non-hydrogen) atoms. The first kappa shape index (κ1) is 17.6. The van der Waals surface area contributed by atoms with Crippen LogP contribution in [0.4, 0.5) is 0 Å². The molecule has 0 aromatic heterocycles. The summed E-state index contributed by atoms with van der Waals surface area (Å²) >= 11 is 0. The molecule has 4 heteroatoms. The van der Waals surface area contributed by atoms with Gasteiger partial charge in [0.2, 0.25) is 0 Å². The van der Waals surface area contributed by atoms with Crippen molar-refractivity contribution in [2.75, 3.05) is 27.9 Å². The zero-order chi connectivity index (χ0) is 19.5. The molecule has 0 spiro atoms. The van der Waals surface area contributed by atoms with E-state index in [4.69, 9.17) is 14.2 Å². The molecule has 3 aromatic carbocycles. The first-order chi connectivity index (χ1) is 13.6. The number of hydrogen-bond acceptors (Lipinski definition) is 4. The first-order valence-electron chi connectivity index (χ1n) is 10.0. The Morgan fingerprint density at radius 2 is 1.54 bits per heavy atom. The van der Waals surface area contributed by atoms with Gasteiger partial charge in [-0.1, -0.05) is 6.07 Å². The van der Waals surface area contributed by atoms with Gasteiger partial charge < -0.3 is 14.2 Å². The molecular formula is C24H27NO3. The third kappa shape index (κ3) is 2.40. The molecule has 2 heterocycles. The first-order valence-corrected chi connectivity index (χ1v) is 10.0. The van der Waals surface area contributed by atoms with Gasteiger partial charge in [-0.05, 0) is 89.7 Å². The van der Waals surface area contributed by atoms with Gasteiger partial charge in [0.25, 0.3) is 0 Å². The molecule has 146 valence electrons. The van der Waals surface area contributed by atoms with Gasteiger partial charge in [-0.25, -0.2) is 0 Å².